The number of carbonyl (C=O) groups is 2. The Bertz CT molecular complexity index is 631. The highest BCUT2D eigenvalue weighted by atomic mass is 19.4. The predicted octanol–water partition coefficient (Wildman–Crippen LogP) is 4.56. The lowest BCUT2D eigenvalue weighted by Gasteiger charge is -2.59. The van der Waals surface area contributed by atoms with Crippen LogP contribution in [0.5, 0.6) is 0 Å². The molecule has 0 unspecified atom stereocenters. The van der Waals surface area contributed by atoms with Crippen molar-refractivity contribution in [2.75, 3.05) is 13.1 Å². The largest absolute Gasteiger partial charge is 0.471 e. The first-order valence-electron chi connectivity index (χ1n) is 8.96. The summed E-state index contributed by atoms with van der Waals surface area (Å²) in [5.74, 6) is -4.41. The van der Waals surface area contributed by atoms with Gasteiger partial charge >= 0.3 is 24.2 Å². The molecule has 10 heteroatoms. The van der Waals surface area contributed by atoms with Crippen molar-refractivity contribution in [1.82, 2.24) is 9.80 Å². The van der Waals surface area contributed by atoms with E-state index in [4.69, 9.17) is 0 Å². The van der Waals surface area contributed by atoms with E-state index in [1.165, 1.54) is 24.3 Å². The molecule has 0 N–H and O–H groups in total. The van der Waals surface area contributed by atoms with Gasteiger partial charge in [0.25, 0.3) is 0 Å². The van der Waals surface area contributed by atoms with E-state index >= 15 is 0 Å². The second kappa shape index (κ2) is 9.09. The Hall–Kier alpha value is -2.52. The van der Waals surface area contributed by atoms with Gasteiger partial charge < -0.3 is 9.80 Å². The van der Waals surface area contributed by atoms with E-state index in [-0.39, 0.29) is 25.7 Å². The van der Waals surface area contributed by atoms with E-state index < -0.39 is 48.3 Å². The predicted molar refractivity (Wildman–Crippen MR) is 100 cm³/mol. The molecule has 0 aromatic carbocycles. The molecule has 2 amide bonds. The summed E-state index contributed by atoms with van der Waals surface area (Å²) in [6.07, 6.45) is -6.84. The highest BCUT2D eigenvalue weighted by molar-refractivity contribution is 5.85. The Balaban J connectivity index is 3.79. The van der Waals surface area contributed by atoms with E-state index in [0.717, 1.165) is 0 Å². The third-order valence-corrected chi connectivity index (χ3v) is 5.12. The number of rotatable bonds is 8. The average molecular weight is 438 g/mol. The standard InChI is InChI=1S/C20H24F6N2O2/c1-5-9-17(10-6-2)13-28(16(30)20(24,25)26)18(11-7-3,12-8-4)14-27(17)15(29)19(21,22)23/h5-8H,1-4,9-14H2. The van der Waals surface area contributed by atoms with Gasteiger partial charge in [-0.1, -0.05) is 24.3 Å². The minimum absolute atomic E-state index is 0.277. The van der Waals surface area contributed by atoms with Gasteiger partial charge in [0.05, 0.1) is 11.1 Å². The van der Waals surface area contributed by atoms with E-state index in [1.54, 1.807) is 0 Å². The molecule has 0 saturated carbocycles. The number of hydrogen-bond acceptors (Lipinski definition) is 2. The van der Waals surface area contributed by atoms with Gasteiger partial charge in [-0.05, 0) is 25.7 Å². The van der Waals surface area contributed by atoms with Crippen molar-refractivity contribution in [3.05, 3.63) is 50.6 Å². The maximum Gasteiger partial charge on any atom is 0.471 e. The van der Waals surface area contributed by atoms with Gasteiger partial charge in [-0.15, -0.1) is 26.3 Å². The zero-order valence-corrected chi connectivity index (χ0v) is 16.4. The summed E-state index contributed by atoms with van der Waals surface area (Å²) in [6.45, 7) is 12.2. The molecule has 30 heavy (non-hydrogen) atoms. The summed E-state index contributed by atoms with van der Waals surface area (Å²) in [5, 5.41) is 0. The maximum absolute atomic E-state index is 13.4. The van der Waals surface area contributed by atoms with E-state index in [1.807, 2.05) is 0 Å². The number of amides is 2. The molecule has 0 bridgehead atoms. The zero-order chi connectivity index (χ0) is 23.4. The summed E-state index contributed by atoms with van der Waals surface area (Å²) in [5.41, 5.74) is -3.58. The smallest absolute Gasteiger partial charge is 0.324 e. The van der Waals surface area contributed by atoms with Crippen molar-refractivity contribution < 1.29 is 35.9 Å². The van der Waals surface area contributed by atoms with Crippen molar-refractivity contribution in [2.24, 2.45) is 0 Å². The molecule has 1 aliphatic rings. The van der Waals surface area contributed by atoms with Crippen LogP contribution < -0.4 is 0 Å². The van der Waals surface area contributed by atoms with Gasteiger partial charge in [0, 0.05) is 13.1 Å². The third kappa shape index (κ3) is 4.96. The average Bonchev–Trinajstić information content (AvgIpc) is 2.61. The third-order valence-electron chi connectivity index (χ3n) is 5.12. The van der Waals surface area contributed by atoms with Crippen LogP contribution in [0, 0.1) is 0 Å². The molecule has 0 aromatic heterocycles. The Kier molecular flexibility index (Phi) is 7.73. The van der Waals surface area contributed by atoms with Crippen LogP contribution in [0.15, 0.2) is 50.6 Å². The fourth-order valence-corrected chi connectivity index (χ4v) is 3.92. The number of alkyl halides is 6. The molecule has 0 aliphatic carbocycles. The molecule has 1 fully saturated rings. The molecule has 1 rings (SSSR count). The number of hydrogen-bond donors (Lipinski definition) is 0. The van der Waals surface area contributed by atoms with Crippen molar-refractivity contribution in [3.63, 3.8) is 0 Å². The molecule has 0 aromatic rings. The first-order valence-corrected chi connectivity index (χ1v) is 8.96. The Morgan fingerprint density at radius 3 is 1.07 bits per heavy atom. The SMILES string of the molecule is C=CCC1(CC=C)CN(C(=O)C(F)(F)F)C(CC=C)(CC=C)CN1C(=O)C(F)(F)F. The van der Waals surface area contributed by atoms with Gasteiger partial charge in [-0.25, -0.2) is 0 Å². The van der Waals surface area contributed by atoms with Crippen molar-refractivity contribution >= 4 is 11.8 Å². The molecule has 0 spiro atoms. The second-order valence-electron chi connectivity index (χ2n) is 7.20. The Morgan fingerprint density at radius 1 is 0.667 bits per heavy atom. The van der Waals surface area contributed by atoms with Crippen LogP contribution >= 0.6 is 0 Å². The fraction of sp³-hybridized carbons (Fsp3) is 0.500. The van der Waals surface area contributed by atoms with Crippen molar-refractivity contribution in [2.45, 2.75) is 49.1 Å². The van der Waals surface area contributed by atoms with Crippen LogP contribution in [0.1, 0.15) is 25.7 Å². The van der Waals surface area contributed by atoms with Gasteiger partial charge in [0.1, 0.15) is 0 Å². The summed E-state index contributed by atoms with van der Waals surface area (Å²) < 4.78 is 80.3. The molecule has 1 heterocycles. The van der Waals surface area contributed by atoms with Crippen molar-refractivity contribution in [3.8, 4) is 0 Å². The molecule has 4 nitrogen and oxygen atoms in total. The molecule has 1 aliphatic heterocycles. The quantitative estimate of drug-likeness (QED) is 0.412. The lowest BCUT2D eigenvalue weighted by Crippen LogP contribution is -2.75. The van der Waals surface area contributed by atoms with Crippen LogP contribution in [0.25, 0.3) is 0 Å². The van der Waals surface area contributed by atoms with E-state index in [2.05, 4.69) is 26.3 Å². The van der Waals surface area contributed by atoms with Crippen LogP contribution in [0.2, 0.25) is 0 Å². The number of halogens is 6. The van der Waals surface area contributed by atoms with Crippen LogP contribution in [0.4, 0.5) is 26.3 Å². The highest BCUT2D eigenvalue weighted by Gasteiger charge is 2.60. The minimum atomic E-state index is -5.27. The maximum atomic E-state index is 13.4. The summed E-state index contributed by atoms with van der Waals surface area (Å²) in [6, 6.07) is 0. The van der Waals surface area contributed by atoms with Crippen molar-refractivity contribution in [1.29, 1.82) is 0 Å². The number of nitrogens with zero attached hydrogens (tertiary/aromatic N) is 2. The zero-order valence-electron chi connectivity index (χ0n) is 16.4. The van der Waals surface area contributed by atoms with E-state index in [9.17, 15) is 35.9 Å². The summed E-state index contributed by atoms with van der Waals surface area (Å²) in [4.78, 5) is 25.6. The van der Waals surface area contributed by atoms with Gasteiger partial charge in [-0.3, -0.25) is 9.59 Å². The molecule has 0 atom stereocenters. The van der Waals surface area contributed by atoms with Gasteiger partial charge in [-0.2, -0.15) is 26.3 Å². The second-order valence-corrected chi connectivity index (χ2v) is 7.20. The topological polar surface area (TPSA) is 40.6 Å². The summed E-state index contributed by atoms with van der Waals surface area (Å²) in [7, 11) is 0. The number of piperazine rings is 1. The van der Waals surface area contributed by atoms with Crippen LogP contribution in [0.3, 0.4) is 0 Å². The molecule has 168 valence electrons. The van der Waals surface area contributed by atoms with E-state index in [0.29, 0.717) is 9.80 Å². The molecular weight excluding hydrogens is 414 g/mol. The monoisotopic (exact) mass is 438 g/mol. The Morgan fingerprint density at radius 2 is 0.900 bits per heavy atom. The normalized spacial score (nSPS) is 18.5. The van der Waals surface area contributed by atoms with Gasteiger partial charge in [0.15, 0.2) is 0 Å². The lowest BCUT2D eigenvalue weighted by molar-refractivity contribution is -0.213. The van der Waals surface area contributed by atoms with Gasteiger partial charge in [0.2, 0.25) is 0 Å². The van der Waals surface area contributed by atoms with Crippen LogP contribution in [-0.2, 0) is 9.59 Å². The fourth-order valence-electron chi connectivity index (χ4n) is 3.92. The first-order chi connectivity index (χ1) is 13.7. The molecule has 1 saturated heterocycles. The number of carbonyl (C=O) groups excluding carboxylic acids is 2. The van der Waals surface area contributed by atoms with Crippen LogP contribution in [-0.4, -0.2) is 58.1 Å². The highest BCUT2D eigenvalue weighted by Crippen LogP contribution is 2.43. The molecule has 0 radical (unpaired) electrons. The summed E-state index contributed by atoms with van der Waals surface area (Å²) >= 11 is 0. The Labute approximate surface area is 171 Å². The minimum Gasteiger partial charge on any atom is -0.324 e. The molecular formula is C20H24F6N2O2. The first kappa shape index (κ1) is 25.5. The lowest BCUT2D eigenvalue weighted by atomic mass is 9.77.